The molecule has 3 rings (SSSR count). The van der Waals surface area contributed by atoms with E-state index >= 15 is 0 Å². The Kier molecular flexibility index (Phi) is 3.60. The highest BCUT2D eigenvalue weighted by molar-refractivity contribution is 5.92. The molecule has 0 atom stereocenters. The Morgan fingerprint density at radius 2 is 1.86 bits per heavy atom. The molecule has 0 aliphatic heterocycles. The number of nitrogens with one attached hydrogen (secondary N) is 1. The molecular formula is C17H14FN3. The van der Waals surface area contributed by atoms with Crippen LogP contribution in [0.15, 0.2) is 59.7 Å². The van der Waals surface area contributed by atoms with E-state index in [0.29, 0.717) is 5.56 Å². The van der Waals surface area contributed by atoms with Gasteiger partial charge in [-0.2, -0.15) is 5.10 Å². The lowest BCUT2D eigenvalue weighted by Gasteiger charge is -2.06. The van der Waals surface area contributed by atoms with Gasteiger partial charge in [0.15, 0.2) is 0 Å². The maximum absolute atomic E-state index is 13.5. The first-order valence-electron chi connectivity index (χ1n) is 6.64. The van der Waals surface area contributed by atoms with E-state index in [9.17, 15) is 4.39 Å². The van der Waals surface area contributed by atoms with E-state index in [1.807, 2.05) is 37.3 Å². The highest BCUT2D eigenvalue weighted by Crippen LogP contribution is 2.22. The highest BCUT2D eigenvalue weighted by Gasteiger charge is 2.02. The summed E-state index contributed by atoms with van der Waals surface area (Å²) >= 11 is 0. The van der Waals surface area contributed by atoms with Crippen molar-refractivity contribution >= 4 is 22.8 Å². The fraction of sp³-hybridized carbons (Fsp3) is 0.0588. The van der Waals surface area contributed by atoms with E-state index in [0.717, 1.165) is 22.3 Å². The second-order valence-electron chi connectivity index (χ2n) is 4.72. The van der Waals surface area contributed by atoms with Crippen molar-refractivity contribution in [1.29, 1.82) is 0 Å². The lowest BCUT2D eigenvalue weighted by molar-refractivity contribution is 0.626. The zero-order chi connectivity index (χ0) is 14.7. The van der Waals surface area contributed by atoms with Gasteiger partial charge in [-0.05, 0) is 25.1 Å². The van der Waals surface area contributed by atoms with Gasteiger partial charge in [-0.1, -0.05) is 36.4 Å². The first kappa shape index (κ1) is 13.2. The van der Waals surface area contributed by atoms with E-state index in [1.165, 1.54) is 12.3 Å². The highest BCUT2D eigenvalue weighted by atomic mass is 19.1. The van der Waals surface area contributed by atoms with Crippen LogP contribution in [-0.2, 0) is 0 Å². The molecule has 0 saturated heterocycles. The molecule has 1 N–H and O–H groups in total. The summed E-state index contributed by atoms with van der Waals surface area (Å²) < 4.78 is 13.5. The average Bonchev–Trinajstić information content (AvgIpc) is 2.49. The summed E-state index contributed by atoms with van der Waals surface area (Å²) in [6.07, 6.45) is 1.47. The van der Waals surface area contributed by atoms with E-state index in [2.05, 4.69) is 15.5 Å². The third-order valence-electron chi connectivity index (χ3n) is 3.14. The van der Waals surface area contributed by atoms with Crippen LogP contribution in [0.1, 0.15) is 11.3 Å². The molecule has 21 heavy (non-hydrogen) atoms. The average molecular weight is 279 g/mol. The van der Waals surface area contributed by atoms with E-state index in [1.54, 1.807) is 18.2 Å². The maximum atomic E-state index is 13.5. The van der Waals surface area contributed by atoms with Crippen molar-refractivity contribution in [3.05, 3.63) is 71.7 Å². The largest absolute Gasteiger partial charge is 0.278 e. The molecule has 1 aromatic heterocycles. The summed E-state index contributed by atoms with van der Waals surface area (Å²) in [6, 6.07) is 16.3. The number of hydrogen-bond donors (Lipinski definition) is 1. The van der Waals surface area contributed by atoms with E-state index < -0.39 is 0 Å². The standard InChI is InChI=1S/C17H14FN3/c1-12-10-17(14-7-3-5-9-16(14)20-12)21-19-11-13-6-2-4-8-15(13)18/h2-11H,1H3,(H,20,21). The van der Waals surface area contributed by atoms with Gasteiger partial charge in [-0.25, -0.2) is 4.39 Å². The molecule has 4 heteroatoms. The topological polar surface area (TPSA) is 37.3 Å². The number of aromatic nitrogens is 1. The number of anilines is 1. The summed E-state index contributed by atoms with van der Waals surface area (Å²) in [5.74, 6) is -0.293. The first-order valence-corrected chi connectivity index (χ1v) is 6.64. The zero-order valence-corrected chi connectivity index (χ0v) is 11.5. The molecular weight excluding hydrogens is 265 g/mol. The molecule has 0 fully saturated rings. The summed E-state index contributed by atoms with van der Waals surface area (Å²) in [6.45, 7) is 1.93. The minimum absolute atomic E-state index is 0.293. The van der Waals surface area contributed by atoms with Gasteiger partial charge in [-0.15, -0.1) is 0 Å². The Morgan fingerprint density at radius 1 is 1.10 bits per heavy atom. The van der Waals surface area contributed by atoms with Crippen LogP contribution in [0.4, 0.5) is 10.1 Å². The van der Waals surface area contributed by atoms with Crippen molar-refractivity contribution in [2.45, 2.75) is 6.92 Å². The number of fused-ring (bicyclic) bond motifs is 1. The molecule has 3 nitrogen and oxygen atoms in total. The second kappa shape index (κ2) is 5.71. The molecule has 1 heterocycles. The van der Waals surface area contributed by atoms with Gasteiger partial charge in [0.25, 0.3) is 0 Å². The molecule has 0 radical (unpaired) electrons. The van der Waals surface area contributed by atoms with E-state index in [4.69, 9.17) is 0 Å². The van der Waals surface area contributed by atoms with E-state index in [-0.39, 0.29) is 5.82 Å². The van der Waals surface area contributed by atoms with Crippen molar-refractivity contribution in [3.8, 4) is 0 Å². The number of benzene rings is 2. The number of para-hydroxylation sites is 1. The SMILES string of the molecule is Cc1cc(NN=Cc2ccccc2F)c2ccccc2n1. The molecule has 3 aromatic rings. The molecule has 0 bridgehead atoms. The van der Waals surface area contributed by atoms with Crippen molar-refractivity contribution in [2.75, 3.05) is 5.43 Å². The van der Waals surface area contributed by atoms with Crippen LogP contribution in [0.25, 0.3) is 10.9 Å². The predicted molar refractivity (Wildman–Crippen MR) is 84.1 cm³/mol. The van der Waals surface area contributed by atoms with Gasteiger partial charge in [0.2, 0.25) is 0 Å². The summed E-state index contributed by atoms with van der Waals surface area (Å²) in [5.41, 5.74) is 6.07. The number of hydrazone groups is 1. The fourth-order valence-corrected chi connectivity index (χ4v) is 2.15. The van der Waals surface area contributed by atoms with Crippen molar-refractivity contribution in [2.24, 2.45) is 5.10 Å². The normalized spacial score (nSPS) is 11.1. The van der Waals surface area contributed by atoms with Crippen LogP contribution < -0.4 is 5.43 Å². The predicted octanol–water partition coefficient (Wildman–Crippen LogP) is 4.13. The third-order valence-corrected chi connectivity index (χ3v) is 3.14. The van der Waals surface area contributed by atoms with Gasteiger partial charge in [0.05, 0.1) is 17.4 Å². The van der Waals surface area contributed by atoms with Gasteiger partial charge in [0.1, 0.15) is 5.82 Å². The van der Waals surface area contributed by atoms with Crippen LogP contribution in [0.3, 0.4) is 0 Å². The lowest BCUT2D eigenvalue weighted by atomic mass is 10.1. The van der Waals surface area contributed by atoms with Crippen LogP contribution in [-0.4, -0.2) is 11.2 Å². The molecule has 104 valence electrons. The molecule has 0 aliphatic carbocycles. The number of pyridine rings is 1. The Hall–Kier alpha value is -2.75. The molecule has 0 amide bonds. The molecule has 0 saturated carbocycles. The number of aryl methyl sites for hydroxylation is 1. The Bertz CT molecular complexity index is 812. The summed E-state index contributed by atoms with van der Waals surface area (Å²) in [5, 5.41) is 5.10. The Labute approximate surface area is 122 Å². The van der Waals surface area contributed by atoms with Gasteiger partial charge in [-0.3, -0.25) is 10.4 Å². The van der Waals surface area contributed by atoms with Gasteiger partial charge < -0.3 is 0 Å². The number of halogens is 1. The van der Waals surface area contributed by atoms with Gasteiger partial charge in [0, 0.05) is 16.6 Å². The molecule has 2 aromatic carbocycles. The maximum Gasteiger partial charge on any atom is 0.132 e. The zero-order valence-electron chi connectivity index (χ0n) is 11.5. The second-order valence-corrected chi connectivity index (χ2v) is 4.72. The fourth-order valence-electron chi connectivity index (χ4n) is 2.15. The lowest BCUT2D eigenvalue weighted by Crippen LogP contribution is -1.95. The number of hydrogen-bond acceptors (Lipinski definition) is 3. The van der Waals surface area contributed by atoms with Crippen molar-refractivity contribution in [3.63, 3.8) is 0 Å². The minimum Gasteiger partial charge on any atom is -0.278 e. The Morgan fingerprint density at radius 3 is 2.71 bits per heavy atom. The smallest absolute Gasteiger partial charge is 0.132 e. The molecule has 0 unspecified atom stereocenters. The first-order chi connectivity index (χ1) is 10.2. The van der Waals surface area contributed by atoms with Gasteiger partial charge >= 0.3 is 0 Å². The van der Waals surface area contributed by atoms with Crippen LogP contribution in [0.5, 0.6) is 0 Å². The third kappa shape index (κ3) is 2.89. The summed E-state index contributed by atoms with van der Waals surface area (Å²) in [7, 11) is 0. The van der Waals surface area contributed by atoms with Crippen molar-refractivity contribution in [1.82, 2.24) is 4.98 Å². The Balaban J connectivity index is 1.90. The number of rotatable bonds is 3. The molecule has 0 aliphatic rings. The van der Waals surface area contributed by atoms with Crippen LogP contribution >= 0.6 is 0 Å². The molecule has 0 spiro atoms. The monoisotopic (exact) mass is 279 g/mol. The van der Waals surface area contributed by atoms with Crippen LogP contribution in [0, 0.1) is 12.7 Å². The van der Waals surface area contributed by atoms with Crippen molar-refractivity contribution < 1.29 is 4.39 Å². The summed E-state index contributed by atoms with van der Waals surface area (Å²) in [4.78, 5) is 4.46. The number of nitrogens with zero attached hydrogens (tertiary/aromatic N) is 2. The minimum atomic E-state index is -0.293. The van der Waals surface area contributed by atoms with Crippen LogP contribution in [0.2, 0.25) is 0 Å². The quantitative estimate of drug-likeness (QED) is 0.578.